The largest absolute Gasteiger partial charge is 0.398 e. The zero-order chi connectivity index (χ0) is 17.4. The number of fused-ring (bicyclic) bond motifs is 1. The number of thioether (sulfide) groups is 1. The highest BCUT2D eigenvalue weighted by atomic mass is 32.2. The molecule has 0 spiro atoms. The highest BCUT2D eigenvalue weighted by molar-refractivity contribution is 8.04. The molecule has 128 valence electrons. The standard InChI is InChI=1S/C20H22N4S/c1-23(2)14-7-9-15(10-8-14)24-12-11-18-19(13-24)25-20(22-18)16-5-3-4-6-17(16)21/h3-10,13,20H,11-12,21H2,1-2H3. The highest BCUT2D eigenvalue weighted by Gasteiger charge is 2.29. The molecule has 0 saturated carbocycles. The topological polar surface area (TPSA) is 44.9 Å². The number of allylic oxidation sites excluding steroid dienone is 1. The highest BCUT2D eigenvalue weighted by Crippen LogP contribution is 2.46. The van der Waals surface area contributed by atoms with E-state index in [4.69, 9.17) is 10.7 Å². The van der Waals surface area contributed by atoms with Crippen LogP contribution in [-0.2, 0) is 0 Å². The van der Waals surface area contributed by atoms with Crippen LogP contribution in [0.5, 0.6) is 0 Å². The number of benzene rings is 2. The number of rotatable bonds is 3. The van der Waals surface area contributed by atoms with Gasteiger partial charge in [-0.1, -0.05) is 30.0 Å². The molecule has 4 nitrogen and oxygen atoms in total. The van der Waals surface area contributed by atoms with Gasteiger partial charge in [0.05, 0.1) is 5.71 Å². The first kappa shape index (κ1) is 16.1. The Labute approximate surface area is 153 Å². The van der Waals surface area contributed by atoms with Crippen molar-refractivity contribution >= 4 is 34.5 Å². The van der Waals surface area contributed by atoms with Crippen LogP contribution < -0.4 is 15.5 Å². The maximum Gasteiger partial charge on any atom is 0.127 e. The Hall–Kier alpha value is -2.40. The van der Waals surface area contributed by atoms with Crippen LogP contribution in [0, 0.1) is 0 Å². The number of nitrogens with zero attached hydrogens (tertiary/aromatic N) is 3. The minimum absolute atomic E-state index is 0.0820. The van der Waals surface area contributed by atoms with Crippen LogP contribution in [0.1, 0.15) is 17.4 Å². The van der Waals surface area contributed by atoms with E-state index in [0.29, 0.717) is 0 Å². The molecule has 2 aliphatic rings. The zero-order valence-corrected chi connectivity index (χ0v) is 15.3. The number of nitrogen functional groups attached to an aromatic ring is 1. The van der Waals surface area contributed by atoms with Gasteiger partial charge in [-0.25, -0.2) is 0 Å². The molecule has 0 aromatic heterocycles. The number of para-hydroxylation sites is 1. The first-order valence-corrected chi connectivity index (χ1v) is 9.34. The molecule has 0 aliphatic carbocycles. The average molecular weight is 350 g/mol. The fourth-order valence-corrected chi connectivity index (χ4v) is 4.40. The molecule has 0 saturated heterocycles. The van der Waals surface area contributed by atoms with Gasteiger partial charge in [0, 0.05) is 60.8 Å². The van der Waals surface area contributed by atoms with E-state index in [1.165, 1.54) is 22.0 Å². The minimum Gasteiger partial charge on any atom is -0.398 e. The van der Waals surface area contributed by atoms with E-state index in [-0.39, 0.29) is 5.37 Å². The molecule has 25 heavy (non-hydrogen) atoms. The molecule has 2 aromatic rings. The molecule has 2 aromatic carbocycles. The molecule has 1 atom stereocenters. The van der Waals surface area contributed by atoms with Crippen molar-refractivity contribution in [1.29, 1.82) is 0 Å². The van der Waals surface area contributed by atoms with E-state index in [0.717, 1.165) is 24.2 Å². The predicted octanol–water partition coefficient (Wildman–Crippen LogP) is 4.27. The summed E-state index contributed by atoms with van der Waals surface area (Å²) >= 11 is 1.80. The van der Waals surface area contributed by atoms with Gasteiger partial charge in [-0.05, 0) is 30.3 Å². The summed E-state index contributed by atoms with van der Waals surface area (Å²) in [5, 5.41) is 0.0820. The monoisotopic (exact) mass is 350 g/mol. The SMILES string of the molecule is CN(C)c1ccc(N2C=C3SC(c4ccccc4N)N=C3CC2)cc1. The van der Waals surface area contributed by atoms with Gasteiger partial charge in [0.2, 0.25) is 0 Å². The molecular formula is C20H22N4S. The van der Waals surface area contributed by atoms with Crippen molar-refractivity contribution < 1.29 is 0 Å². The third-order valence-electron chi connectivity index (χ3n) is 4.62. The van der Waals surface area contributed by atoms with Crippen molar-refractivity contribution in [2.75, 3.05) is 36.2 Å². The molecule has 0 amide bonds. The van der Waals surface area contributed by atoms with E-state index in [2.05, 4.69) is 60.4 Å². The van der Waals surface area contributed by atoms with Gasteiger partial charge >= 0.3 is 0 Å². The summed E-state index contributed by atoms with van der Waals surface area (Å²) in [6.45, 7) is 0.960. The van der Waals surface area contributed by atoms with Gasteiger partial charge < -0.3 is 15.5 Å². The van der Waals surface area contributed by atoms with Crippen LogP contribution in [0.4, 0.5) is 17.1 Å². The molecule has 0 fully saturated rings. The van der Waals surface area contributed by atoms with Crippen LogP contribution in [0.15, 0.2) is 64.6 Å². The van der Waals surface area contributed by atoms with E-state index < -0.39 is 0 Å². The van der Waals surface area contributed by atoms with Crippen LogP contribution in [0.25, 0.3) is 0 Å². The lowest BCUT2D eigenvalue weighted by molar-refractivity contribution is 0.931. The summed E-state index contributed by atoms with van der Waals surface area (Å²) in [5.74, 6) is 0. The molecule has 0 radical (unpaired) electrons. The van der Waals surface area contributed by atoms with Crippen molar-refractivity contribution in [2.45, 2.75) is 11.8 Å². The summed E-state index contributed by atoms with van der Waals surface area (Å²) < 4.78 is 0. The third kappa shape index (κ3) is 3.12. The Morgan fingerprint density at radius 1 is 1.12 bits per heavy atom. The van der Waals surface area contributed by atoms with Crippen molar-refractivity contribution in [1.82, 2.24) is 0 Å². The van der Waals surface area contributed by atoms with Gasteiger partial charge in [0.25, 0.3) is 0 Å². The minimum atomic E-state index is 0.0820. The van der Waals surface area contributed by atoms with E-state index in [1.807, 2.05) is 18.2 Å². The van der Waals surface area contributed by atoms with Crippen LogP contribution in [0.3, 0.4) is 0 Å². The number of nitrogens with two attached hydrogens (primary N) is 1. The van der Waals surface area contributed by atoms with Gasteiger partial charge in [0.1, 0.15) is 5.37 Å². The second-order valence-electron chi connectivity index (χ2n) is 6.52. The third-order valence-corrected chi connectivity index (χ3v) is 5.80. The predicted molar refractivity (Wildman–Crippen MR) is 109 cm³/mol. The van der Waals surface area contributed by atoms with E-state index in [1.54, 1.807) is 11.8 Å². The Morgan fingerprint density at radius 3 is 2.60 bits per heavy atom. The van der Waals surface area contributed by atoms with Crippen molar-refractivity contribution in [3.05, 3.63) is 65.2 Å². The Balaban J connectivity index is 1.56. The molecule has 0 bridgehead atoms. The van der Waals surface area contributed by atoms with Crippen molar-refractivity contribution in [3.63, 3.8) is 0 Å². The second-order valence-corrected chi connectivity index (χ2v) is 7.64. The Morgan fingerprint density at radius 2 is 1.88 bits per heavy atom. The molecule has 1 unspecified atom stereocenters. The molecule has 2 N–H and O–H groups in total. The lowest BCUT2D eigenvalue weighted by Gasteiger charge is -2.26. The lowest BCUT2D eigenvalue weighted by Crippen LogP contribution is -2.25. The molecule has 4 rings (SSSR count). The number of hydrogen-bond acceptors (Lipinski definition) is 5. The number of hydrogen-bond donors (Lipinski definition) is 1. The zero-order valence-electron chi connectivity index (χ0n) is 14.5. The molecule has 2 heterocycles. The quantitative estimate of drug-likeness (QED) is 0.840. The van der Waals surface area contributed by atoms with Gasteiger partial charge in [-0.2, -0.15) is 0 Å². The molecular weight excluding hydrogens is 328 g/mol. The second kappa shape index (κ2) is 6.48. The maximum atomic E-state index is 6.13. The van der Waals surface area contributed by atoms with Crippen LogP contribution >= 0.6 is 11.8 Å². The Kier molecular flexibility index (Phi) is 4.17. The molecule has 5 heteroatoms. The maximum absolute atomic E-state index is 6.13. The smallest absolute Gasteiger partial charge is 0.127 e. The summed E-state index contributed by atoms with van der Waals surface area (Å²) in [4.78, 5) is 10.6. The van der Waals surface area contributed by atoms with Gasteiger partial charge in [-0.15, -0.1) is 0 Å². The van der Waals surface area contributed by atoms with Crippen LogP contribution in [0.2, 0.25) is 0 Å². The first-order chi connectivity index (χ1) is 12.1. The summed E-state index contributed by atoms with van der Waals surface area (Å²) in [6.07, 6.45) is 3.20. The molecule has 2 aliphatic heterocycles. The average Bonchev–Trinajstić information content (AvgIpc) is 3.05. The fourth-order valence-electron chi connectivity index (χ4n) is 3.16. The van der Waals surface area contributed by atoms with Crippen LogP contribution in [-0.4, -0.2) is 26.4 Å². The van der Waals surface area contributed by atoms with Gasteiger partial charge in [0.15, 0.2) is 0 Å². The summed E-state index contributed by atoms with van der Waals surface area (Å²) in [5.41, 5.74) is 11.7. The van der Waals surface area contributed by atoms with Crippen molar-refractivity contribution in [2.24, 2.45) is 4.99 Å². The van der Waals surface area contributed by atoms with E-state index >= 15 is 0 Å². The number of anilines is 3. The number of aliphatic imine (C=N–C) groups is 1. The lowest BCUT2D eigenvalue weighted by atomic mass is 10.1. The van der Waals surface area contributed by atoms with E-state index in [9.17, 15) is 0 Å². The normalized spacial score (nSPS) is 19.3. The fraction of sp³-hybridized carbons (Fsp3) is 0.250. The van der Waals surface area contributed by atoms with Gasteiger partial charge in [-0.3, -0.25) is 4.99 Å². The first-order valence-electron chi connectivity index (χ1n) is 8.46. The summed E-state index contributed by atoms with van der Waals surface area (Å²) in [7, 11) is 4.12. The van der Waals surface area contributed by atoms with Crippen molar-refractivity contribution in [3.8, 4) is 0 Å². The summed E-state index contributed by atoms with van der Waals surface area (Å²) in [6, 6.07) is 16.7. The Bertz CT molecular complexity index is 839.